The first-order valence-electron chi connectivity index (χ1n) is 7.04. The molecule has 0 heterocycles. The lowest BCUT2D eigenvalue weighted by Gasteiger charge is -2.16. The molecule has 24 heavy (non-hydrogen) atoms. The van der Waals surface area contributed by atoms with Crippen molar-refractivity contribution >= 4 is 44.8 Å². The number of anilines is 1. The molecule has 2 N–H and O–H groups in total. The van der Waals surface area contributed by atoms with Crippen molar-refractivity contribution in [1.82, 2.24) is 4.72 Å². The van der Waals surface area contributed by atoms with Crippen molar-refractivity contribution in [2.24, 2.45) is 0 Å². The maximum absolute atomic E-state index is 12.5. The molecule has 5 nitrogen and oxygen atoms in total. The number of rotatable bonds is 5. The topological polar surface area (TPSA) is 75.3 Å². The van der Waals surface area contributed by atoms with Crippen molar-refractivity contribution in [1.29, 1.82) is 0 Å². The van der Waals surface area contributed by atoms with Crippen LogP contribution in [0.4, 0.5) is 5.69 Å². The van der Waals surface area contributed by atoms with Crippen LogP contribution < -0.4 is 10.0 Å². The van der Waals surface area contributed by atoms with E-state index in [2.05, 4.69) is 10.0 Å². The van der Waals surface area contributed by atoms with Crippen molar-refractivity contribution in [3.05, 3.63) is 58.1 Å². The molecule has 0 bridgehead atoms. The fraction of sp³-hybridized carbons (Fsp3) is 0.188. The van der Waals surface area contributed by atoms with Crippen LogP contribution in [0.5, 0.6) is 0 Å². The van der Waals surface area contributed by atoms with E-state index in [1.54, 1.807) is 31.2 Å². The van der Waals surface area contributed by atoms with Crippen molar-refractivity contribution in [2.45, 2.75) is 24.8 Å². The van der Waals surface area contributed by atoms with Crippen LogP contribution in [0.2, 0.25) is 10.0 Å². The lowest BCUT2D eigenvalue weighted by molar-refractivity contribution is -0.114. The summed E-state index contributed by atoms with van der Waals surface area (Å²) in [6.45, 7) is 3.12. The molecule has 2 aromatic carbocycles. The minimum Gasteiger partial charge on any atom is -0.326 e. The lowest BCUT2D eigenvalue weighted by Crippen LogP contribution is -2.27. The van der Waals surface area contributed by atoms with Gasteiger partial charge in [-0.05, 0) is 42.8 Å². The van der Waals surface area contributed by atoms with E-state index in [0.717, 1.165) is 0 Å². The number of carbonyl (C=O) groups excluding carboxylic acids is 1. The fourth-order valence-corrected chi connectivity index (χ4v) is 3.72. The summed E-state index contributed by atoms with van der Waals surface area (Å²) in [5, 5.41) is 3.11. The molecular weight excluding hydrogens is 371 g/mol. The number of sulfonamides is 1. The Kier molecular flexibility index (Phi) is 5.87. The Bertz CT molecular complexity index is 869. The molecular formula is C16H16Cl2N2O3S. The van der Waals surface area contributed by atoms with Crippen LogP contribution in [0.25, 0.3) is 0 Å². The SMILES string of the molecule is CC(=O)Nc1cccc(C(C)NS(=O)(=O)c2ccc(Cl)c(Cl)c2)c1. The molecule has 2 rings (SSSR count). The highest BCUT2D eigenvalue weighted by atomic mass is 35.5. The summed E-state index contributed by atoms with van der Waals surface area (Å²) < 4.78 is 27.5. The summed E-state index contributed by atoms with van der Waals surface area (Å²) in [4.78, 5) is 11.2. The number of halogens is 2. The molecule has 1 unspecified atom stereocenters. The van der Waals surface area contributed by atoms with Gasteiger partial charge < -0.3 is 5.32 Å². The average Bonchev–Trinajstić information content (AvgIpc) is 2.49. The first-order valence-corrected chi connectivity index (χ1v) is 9.28. The van der Waals surface area contributed by atoms with E-state index in [-0.39, 0.29) is 20.8 Å². The molecule has 0 aliphatic heterocycles. The summed E-state index contributed by atoms with van der Waals surface area (Å²) in [5.74, 6) is -0.198. The van der Waals surface area contributed by atoms with Gasteiger partial charge >= 0.3 is 0 Å². The minimum absolute atomic E-state index is 0.0294. The third kappa shape index (κ3) is 4.70. The van der Waals surface area contributed by atoms with Gasteiger partial charge in [-0.2, -0.15) is 0 Å². The Balaban J connectivity index is 2.23. The lowest BCUT2D eigenvalue weighted by atomic mass is 10.1. The zero-order valence-corrected chi connectivity index (χ0v) is 15.3. The van der Waals surface area contributed by atoms with Gasteiger partial charge in [0.25, 0.3) is 0 Å². The second-order valence-corrected chi connectivity index (χ2v) is 7.75. The van der Waals surface area contributed by atoms with Gasteiger partial charge in [-0.1, -0.05) is 35.3 Å². The van der Waals surface area contributed by atoms with Crippen LogP contribution in [0.3, 0.4) is 0 Å². The van der Waals surface area contributed by atoms with Crippen molar-refractivity contribution in [3.63, 3.8) is 0 Å². The van der Waals surface area contributed by atoms with Crippen LogP contribution >= 0.6 is 23.2 Å². The normalized spacial score (nSPS) is 12.7. The number of hydrogen-bond acceptors (Lipinski definition) is 3. The average molecular weight is 387 g/mol. The molecule has 1 amide bonds. The molecule has 0 radical (unpaired) electrons. The predicted octanol–water partition coefficient (Wildman–Crippen LogP) is 3.99. The van der Waals surface area contributed by atoms with Gasteiger partial charge in [0.2, 0.25) is 15.9 Å². The summed E-state index contributed by atoms with van der Waals surface area (Å²) in [5.41, 5.74) is 1.31. The number of amides is 1. The van der Waals surface area contributed by atoms with Crippen LogP contribution in [-0.4, -0.2) is 14.3 Å². The zero-order chi connectivity index (χ0) is 17.9. The fourth-order valence-electron chi connectivity index (χ4n) is 2.10. The Hall–Kier alpha value is -1.60. The highest BCUT2D eigenvalue weighted by Gasteiger charge is 2.19. The predicted molar refractivity (Wildman–Crippen MR) is 95.9 cm³/mol. The van der Waals surface area contributed by atoms with Gasteiger partial charge in [0.05, 0.1) is 14.9 Å². The van der Waals surface area contributed by atoms with Gasteiger partial charge in [0.15, 0.2) is 0 Å². The summed E-state index contributed by atoms with van der Waals surface area (Å²) in [7, 11) is -3.76. The summed E-state index contributed by atoms with van der Waals surface area (Å²) in [6, 6.07) is 10.6. The standard InChI is InChI=1S/C16H16Cl2N2O3S/c1-10(12-4-3-5-13(8-12)19-11(2)21)20-24(22,23)14-6-7-15(17)16(18)9-14/h3-10,20H,1-2H3,(H,19,21). The number of hydrogen-bond donors (Lipinski definition) is 2. The zero-order valence-electron chi connectivity index (χ0n) is 13.0. The van der Waals surface area contributed by atoms with E-state index in [0.29, 0.717) is 11.3 Å². The molecule has 128 valence electrons. The Morgan fingerprint density at radius 2 is 1.79 bits per heavy atom. The second-order valence-electron chi connectivity index (χ2n) is 5.23. The van der Waals surface area contributed by atoms with Gasteiger partial charge in [-0.3, -0.25) is 4.79 Å². The summed E-state index contributed by atoms with van der Waals surface area (Å²) >= 11 is 11.7. The summed E-state index contributed by atoms with van der Waals surface area (Å²) in [6.07, 6.45) is 0. The molecule has 0 saturated heterocycles. The van der Waals surface area contributed by atoms with E-state index in [1.165, 1.54) is 25.1 Å². The van der Waals surface area contributed by atoms with Gasteiger partial charge in [0, 0.05) is 18.7 Å². The Morgan fingerprint density at radius 3 is 2.42 bits per heavy atom. The smallest absolute Gasteiger partial charge is 0.241 e. The molecule has 1 atom stereocenters. The quantitative estimate of drug-likeness (QED) is 0.815. The maximum atomic E-state index is 12.5. The first kappa shape index (κ1) is 18.7. The van der Waals surface area contributed by atoms with Crippen molar-refractivity contribution < 1.29 is 13.2 Å². The van der Waals surface area contributed by atoms with E-state index in [4.69, 9.17) is 23.2 Å². The van der Waals surface area contributed by atoms with Crippen molar-refractivity contribution in [2.75, 3.05) is 5.32 Å². The third-order valence-corrected chi connectivity index (χ3v) is 5.52. The van der Waals surface area contributed by atoms with E-state index >= 15 is 0 Å². The van der Waals surface area contributed by atoms with E-state index < -0.39 is 16.1 Å². The van der Waals surface area contributed by atoms with Gasteiger partial charge in [-0.15, -0.1) is 0 Å². The van der Waals surface area contributed by atoms with Crippen LogP contribution in [-0.2, 0) is 14.8 Å². The third-order valence-electron chi connectivity index (χ3n) is 3.24. The number of benzene rings is 2. The molecule has 0 aliphatic rings. The van der Waals surface area contributed by atoms with Crippen LogP contribution in [0.15, 0.2) is 47.4 Å². The van der Waals surface area contributed by atoms with E-state index in [9.17, 15) is 13.2 Å². The molecule has 2 aromatic rings. The second kappa shape index (κ2) is 7.53. The number of nitrogens with one attached hydrogen (secondary N) is 2. The highest BCUT2D eigenvalue weighted by molar-refractivity contribution is 7.89. The van der Waals surface area contributed by atoms with Crippen molar-refractivity contribution in [3.8, 4) is 0 Å². The molecule has 0 saturated carbocycles. The highest BCUT2D eigenvalue weighted by Crippen LogP contribution is 2.26. The molecule has 0 aliphatic carbocycles. The Labute approximate surface area is 151 Å². The van der Waals surface area contributed by atoms with Gasteiger partial charge in [-0.25, -0.2) is 13.1 Å². The molecule has 8 heteroatoms. The molecule has 0 spiro atoms. The first-order chi connectivity index (χ1) is 11.2. The van der Waals surface area contributed by atoms with Crippen LogP contribution in [0, 0.1) is 0 Å². The maximum Gasteiger partial charge on any atom is 0.241 e. The van der Waals surface area contributed by atoms with E-state index in [1.807, 2.05) is 0 Å². The van der Waals surface area contributed by atoms with Gasteiger partial charge in [0.1, 0.15) is 0 Å². The molecule has 0 fully saturated rings. The minimum atomic E-state index is -3.76. The largest absolute Gasteiger partial charge is 0.326 e. The van der Waals surface area contributed by atoms with Crippen LogP contribution in [0.1, 0.15) is 25.5 Å². The monoisotopic (exact) mass is 386 g/mol. The Morgan fingerprint density at radius 1 is 1.08 bits per heavy atom. The molecule has 0 aromatic heterocycles. The number of carbonyl (C=O) groups is 1.